The smallest absolute Gasteiger partial charge is 0.291 e. The summed E-state index contributed by atoms with van der Waals surface area (Å²) in [5.41, 5.74) is 6.68. The number of anilines is 3. The van der Waals surface area contributed by atoms with Crippen molar-refractivity contribution in [3.63, 3.8) is 0 Å². The summed E-state index contributed by atoms with van der Waals surface area (Å²) in [6, 6.07) is 25.3. The third-order valence-corrected chi connectivity index (χ3v) is 7.37. The van der Waals surface area contributed by atoms with Crippen LogP contribution >= 0.6 is 0 Å². The Morgan fingerprint density at radius 2 is 1.49 bits per heavy atom. The quantitative estimate of drug-likeness (QED) is 0.299. The normalized spacial score (nSPS) is 13.4. The van der Waals surface area contributed by atoms with Gasteiger partial charge in [-0.05, 0) is 74.1 Å². The molecule has 0 unspecified atom stereocenters. The second-order valence-corrected chi connectivity index (χ2v) is 10.6. The van der Waals surface area contributed by atoms with Gasteiger partial charge >= 0.3 is 0 Å². The molecular formula is C33H37N5O3. The number of amides is 2. The van der Waals surface area contributed by atoms with Gasteiger partial charge in [0.05, 0.1) is 17.6 Å². The van der Waals surface area contributed by atoms with Crippen LogP contribution in [0.5, 0.6) is 0 Å². The maximum absolute atomic E-state index is 13.3. The Bertz CT molecular complexity index is 1490. The van der Waals surface area contributed by atoms with Crippen molar-refractivity contribution in [2.24, 2.45) is 0 Å². The van der Waals surface area contributed by atoms with Gasteiger partial charge < -0.3 is 29.8 Å². The number of carbonyl (C=O) groups is 2. The summed E-state index contributed by atoms with van der Waals surface area (Å²) in [6.45, 7) is 6.61. The van der Waals surface area contributed by atoms with E-state index in [9.17, 15) is 9.59 Å². The molecule has 41 heavy (non-hydrogen) atoms. The lowest BCUT2D eigenvalue weighted by atomic mass is 10.1. The molecule has 2 N–H and O–H groups in total. The van der Waals surface area contributed by atoms with Crippen molar-refractivity contribution in [2.45, 2.75) is 20.0 Å². The number of furan rings is 1. The summed E-state index contributed by atoms with van der Waals surface area (Å²) in [5.74, 6) is -0.341. The monoisotopic (exact) mass is 551 g/mol. The fourth-order valence-corrected chi connectivity index (χ4v) is 5.25. The van der Waals surface area contributed by atoms with Crippen LogP contribution in [-0.4, -0.2) is 57.0 Å². The van der Waals surface area contributed by atoms with Gasteiger partial charge in [0.2, 0.25) is 0 Å². The Hall–Kier alpha value is -4.56. The minimum Gasteiger partial charge on any atom is -0.459 e. The van der Waals surface area contributed by atoms with Crippen molar-refractivity contribution in [1.82, 2.24) is 10.2 Å². The molecule has 1 aromatic heterocycles. The summed E-state index contributed by atoms with van der Waals surface area (Å²) >= 11 is 0. The number of hydrogen-bond donors (Lipinski definition) is 2. The lowest BCUT2D eigenvalue weighted by molar-refractivity contribution is 0.0948. The van der Waals surface area contributed by atoms with Crippen molar-refractivity contribution >= 4 is 28.9 Å². The predicted molar refractivity (Wildman–Crippen MR) is 164 cm³/mol. The second-order valence-electron chi connectivity index (χ2n) is 10.6. The summed E-state index contributed by atoms with van der Waals surface area (Å²) in [5, 5.41) is 6.04. The first-order chi connectivity index (χ1) is 19.9. The zero-order chi connectivity index (χ0) is 28.8. The molecule has 2 amide bonds. The van der Waals surface area contributed by atoms with Crippen LogP contribution in [0.1, 0.15) is 37.6 Å². The van der Waals surface area contributed by atoms with Crippen LogP contribution in [0.4, 0.5) is 17.1 Å². The minimum atomic E-state index is -0.357. The molecule has 8 nitrogen and oxygen atoms in total. The maximum Gasteiger partial charge on any atom is 0.291 e. The molecule has 0 aliphatic carbocycles. The number of nitrogens with one attached hydrogen (secondary N) is 2. The molecule has 0 atom stereocenters. The molecule has 5 rings (SSSR count). The highest BCUT2D eigenvalue weighted by Gasteiger charge is 2.23. The highest BCUT2D eigenvalue weighted by molar-refractivity contribution is 6.05. The van der Waals surface area contributed by atoms with Gasteiger partial charge in [0.1, 0.15) is 0 Å². The van der Waals surface area contributed by atoms with Crippen LogP contribution in [0.15, 0.2) is 89.5 Å². The van der Waals surface area contributed by atoms with E-state index >= 15 is 0 Å². The van der Waals surface area contributed by atoms with Gasteiger partial charge in [0.25, 0.3) is 11.8 Å². The number of aryl methyl sites for hydroxylation is 1. The lowest BCUT2D eigenvalue weighted by Crippen LogP contribution is -2.47. The molecule has 212 valence electrons. The van der Waals surface area contributed by atoms with E-state index in [0.717, 1.165) is 44.0 Å². The van der Waals surface area contributed by atoms with E-state index in [0.29, 0.717) is 17.8 Å². The minimum absolute atomic E-state index is 0.200. The van der Waals surface area contributed by atoms with E-state index in [1.54, 1.807) is 18.2 Å². The predicted octanol–water partition coefficient (Wildman–Crippen LogP) is 5.16. The molecule has 1 saturated heterocycles. The highest BCUT2D eigenvalue weighted by atomic mass is 16.3. The number of rotatable bonds is 9. The standard InChI is InChI=1S/C33H37N5O3/c1-24-9-4-7-12-29(24)37-16-18-38(19-17-37)30-15-14-25(21-28(30)35-33(40)31-13-8-20-41-31)32(39)34-22-26-10-5-6-11-27(26)23-36(2)3/h4-15,20-21H,16-19,22-23H2,1-3H3,(H,34,39)(H,35,40). The third-order valence-electron chi connectivity index (χ3n) is 7.37. The SMILES string of the molecule is Cc1ccccc1N1CCN(c2ccc(C(=O)NCc3ccccc3CN(C)C)cc2NC(=O)c2ccco2)CC1. The van der Waals surface area contributed by atoms with Crippen molar-refractivity contribution in [3.8, 4) is 0 Å². The molecule has 1 aliphatic rings. The molecule has 2 heterocycles. The Balaban J connectivity index is 1.34. The number of nitrogens with zero attached hydrogens (tertiary/aromatic N) is 3. The molecule has 0 radical (unpaired) electrons. The Morgan fingerprint density at radius 3 is 2.17 bits per heavy atom. The van der Waals surface area contributed by atoms with Crippen LogP contribution in [0.2, 0.25) is 0 Å². The number of benzene rings is 3. The molecule has 4 aromatic rings. The Labute approximate surface area is 241 Å². The summed E-state index contributed by atoms with van der Waals surface area (Å²) in [4.78, 5) is 33.0. The van der Waals surface area contributed by atoms with Gasteiger partial charge in [0.15, 0.2) is 5.76 Å². The largest absolute Gasteiger partial charge is 0.459 e. The number of carbonyl (C=O) groups excluding carboxylic acids is 2. The van der Waals surface area contributed by atoms with Gasteiger partial charge in [-0.1, -0.05) is 42.5 Å². The average molecular weight is 552 g/mol. The maximum atomic E-state index is 13.3. The van der Waals surface area contributed by atoms with Gasteiger partial charge in [-0.2, -0.15) is 0 Å². The van der Waals surface area contributed by atoms with Crippen LogP contribution in [-0.2, 0) is 13.1 Å². The van der Waals surface area contributed by atoms with Crippen LogP contribution < -0.4 is 20.4 Å². The van der Waals surface area contributed by atoms with Crippen molar-refractivity contribution in [1.29, 1.82) is 0 Å². The Kier molecular flexibility index (Phi) is 8.70. The zero-order valence-corrected chi connectivity index (χ0v) is 23.9. The number of para-hydroxylation sites is 1. The number of piperazine rings is 1. The highest BCUT2D eigenvalue weighted by Crippen LogP contribution is 2.30. The van der Waals surface area contributed by atoms with E-state index in [2.05, 4.69) is 62.6 Å². The van der Waals surface area contributed by atoms with E-state index in [1.807, 2.05) is 44.4 Å². The molecule has 1 aliphatic heterocycles. The van der Waals surface area contributed by atoms with Gasteiger partial charge in [-0.25, -0.2) is 0 Å². The fraction of sp³-hybridized carbons (Fsp3) is 0.273. The zero-order valence-electron chi connectivity index (χ0n) is 23.9. The van der Waals surface area contributed by atoms with Gasteiger partial charge in [-0.3, -0.25) is 9.59 Å². The summed E-state index contributed by atoms with van der Waals surface area (Å²) < 4.78 is 5.32. The van der Waals surface area contributed by atoms with Crippen LogP contribution in [0.3, 0.4) is 0 Å². The molecule has 0 bridgehead atoms. The Morgan fingerprint density at radius 1 is 0.805 bits per heavy atom. The second kappa shape index (κ2) is 12.7. The van der Waals surface area contributed by atoms with Crippen LogP contribution in [0, 0.1) is 6.92 Å². The molecule has 1 fully saturated rings. The molecule has 0 saturated carbocycles. The first-order valence-corrected chi connectivity index (χ1v) is 13.9. The van der Waals surface area contributed by atoms with Crippen molar-refractivity contribution < 1.29 is 14.0 Å². The van der Waals surface area contributed by atoms with E-state index in [1.165, 1.54) is 23.1 Å². The van der Waals surface area contributed by atoms with Gasteiger partial charge in [-0.15, -0.1) is 0 Å². The molecular weight excluding hydrogens is 514 g/mol. The first kappa shape index (κ1) is 28.0. The lowest BCUT2D eigenvalue weighted by Gasteiger charge is -2.38. The summed E-state index contributed by atoms with van der Waals surface area (Å²) in [7, 11) is 4.05. The van der Waals surface area contributed by atoms with E-state index in [-0.39, 0.29) is 17.6 Å². The third kappa shape index (κ3) is 6.78. The molecule has 0 spiro atoms. The average Bonchev–Trinajstić information content (AvgIpc) is 3.52. The van der Waals surface area contributed by atoms with E-state index < -0.39 is 0 Å². The summed E-state index contributed by atoms with van der Waals surface area (Å²) in [6.07, 6.45) is 1.47. The fourth-order valence-electron chi connectivity index (χ4n) is 5.25. The topological polar surface area (TPSA) is 81.1 Å². The molecule has 3 aromatic carbocycles. The van der Waals surface area contributed by atoms with Crippen LogP contribution in [0.25, 0.3) is 0 Å². The first-order valence-electron chi connectivity index (χ1n) is 13.9. The van der Waals surface area contributed by atoms with Crippen molar-refractivity contribution in [2.75, 3.05) is 55.4 Å². The van der Waals surface area contributed by atoms with Crippen molar-refractivity contribution in [3.05, 3.63) is 113 Å². The molecule has 8 heteroatoms. The number of hydrogen-bond acceptors (Lipinski definition) is 6. The van der Waals surface area contributed by atoms with Gasteiger partial charge in [0, 0.05) is 50.5 Å². The van der Waals surface area contributed by atoms with E-state index in [4.69, 9.17) is 4.42 Å².